The van der Waals surface area contributed by atoms with Crippen LogP contribution in [0.25, 0.3) is 10.4 Å². The first-order valence-electron chi connectivity index (χ1n) is 10.1. The first kappa shape index (κ1) is 18.9. The van der Waals surface area contributed by atoms with Gasteiger partial charge in [0, 0.05) is 29.4 Å². The van der Waals surface area contributed by atoms with E-state index in [4.69, 9.17) is 10.3 Å². The van der Waals surface area contributed by atoms with E-state index in [1.807, 2.05) is 0 Å². The van der Waals surface area contributed by atoms with Crippen LogP contribution in [-0.4, -0.2) is 38.4 Å². The van der Waals surface area contributed by atoms with E-state index in [1.165, 1.54) is 36.1 Å². The van der Waals surface area contributed by atoms with Gasteiger partial charge in [0.1, 0.15) is 6.10 Å². The number of hydrogen-bond donors (Lipinski definition) is 0. The third-order valence-corrected chi connectivity index (χ3v) is 7.32. The molecule has 1 aromatic rings. The van der Waals surface area contributed by atoms with E-state index in [2.05, 4.69) is 54.8 Å². The van der Waals surface area contributed by atoms with Crippen molar-refractivity contribution in [3.8, 4) is 0 Å². The number of fused-ring (bicyclic) bond motifs is 1. The quantitative estimate of drug-likeness (QED) is 0.419. The second-order valence-corrected chi connectivity index (χ2v) is 9.29. The maximum absolute atomic E-state index is 12.3. The maximum Gasteiger partial charge on any atom is 0.414 e. The smallest absolute Gasteiger partial charge is 0.414 e. The number of cyclic esters (lactones) is 1. The number of benzene rings is 1. The van der Waals surface area contributed by atoms with Crippen molar-refractivity contribution in [2.75, 3.05) is 36.0 Å². The topological polar surface area (TPSA) is 81.5 Å². The molecule has 0 bridgehead atoms. The van der Waals surface area contributed by atoms with Gasteiger partial charge in [-0.25, -0.2) is 4.79 Å². The number of rotatable bonds is 4. The van der Waals surface area contributed by atoms with E-state index < -0.39 is 0 Å². The van der Waals surface area contributed by atoms with Gasteiger partial charge in [0.2, 0.25) is 0 Å². The lowest BCUT2D eigenvalue weighted by molar-refractivity contribution is 0.145. The lowest BCUT2D eigenvalue weighted by Gasteiger charge is -2.32. The molecule has 28 heavy (non-hydrogen) atoms. The maximum atomic E-state index is 12.3. The van der Waals surface area contributed by atoms with Crippen LogP contribution in [0.4, 0.5) is 16.2 Å². The molecule has 7 nitrogen and oxygen atoms in total. The molecular weight excluding hydrogens is 354 g/mol. The van der Waals surface area contributed by atoms with E-state index in [0.29, 0.717) is 17.4 Å². The number of aryl methyl sites for hydroxylation is 2. The monoisotopic (exact) mass is 383 g/mol. The van der Waals surface area contributed by atoms with Gasteiger partial charge >= 0.3 is 6.09 Å². The Labute approximate surface area is 166 Å². The van der Waals surface area contributed by atoms with Crippen LogP contribution in [0.2, 0.25) is 0 Å². The average molecular weight is 383 g/mol. The van der Waals surface area contributed by atoms with Crippen molar-refractivity contribution < 1.29 is 9.53 Å². The molecule has 2 saturated heterocycles. The van der Waals surface area contributed by atoms with Crippen LogP contribution in [0.1, 0.15) is 44.2 Å². The summed E-state index contributed by atoms with van der Waals surface area (Å²) >= 11 is 0. The van der Waals surface area contributed by atoms with Crippen molar-refractivity contribution in [1.82, 2.24) is 0 Å². The number of carbonyl (C=O) groups excluding carboxylic acids is 1. The summed E-state index contributed by atoms with van der Waals surface area (Å²) in [6.07, 6.45) is 3.19. The zero-order valence-corrected chi connectivity index (χ0v) is 17.2. The van der Waals surface area contributed by atoms with Gasteiger partial charge in [-0.15, -0.1) is 0 Å². The van der Waals surface area contributed by atoms with Crippen LogP contribution in [-0.2, 0) is 4.74 Å². The molecule has 1 aliphatic carbocycles. The fourth-order valence-electron chi connectivity index (χ4n) is 5.61. The molecular formula is C21H29N5O2. The van der Waals surface area contributed by atoms with E-state index in [-0.39, 0.29) is 18.7 Å². The molecule has 7 heteroatoms. The van der Waals surface area contributed by atoms with Crippen molar-refractivity contribution in [1.29, 1.82) is 0 Å². The molecule has 0 spiro atoms. The normalized spacial score (nSPS) is 31.7. The Bertz CT molecular complexity index is 823. The molecule has 2 heterocycles. The second kappa shape index (κ2) is 6.59. The summed E-state index contributed by atoms with van der Waals surface area (Å²) in [4.78, 5) is 19.2. The van der Waals surface area contributed by atoms with Gasteiger partial charge < -0.3 is 9.64 Å². The van der Waals surface area contributed by atoms with Gasteiger partial charge in [0.25, 0.3) is 0 Å². The fraction of sp³-hybridized carbons (Fsp3) is 0.667. The predicted octanol–water partition coefficient (Wildman–Crippen LogP) is 4.96. The Morgan fingerprint density at radius 1 is 1.21 bits per heavy atom. The molecule has 0 radical (unpaired) electrons. The Kier molecular flexibility index (Phi) is 4.46. The summed E-state index contributed by atoms with van der Waals surface area (Å²) in [5, 5.41) is 3.53. The average Bonchev–Trinajstić information content (AvgIpc) is 3.19. The number of anilines is 2. The van der Waals surface area contributed by atoms with Crippen molar-refractivity contribution in [2.24, 2.45) is 15.9 Å². The molecule has 3 atom stereocenters. The highest BCUT2D eigenvalue weighted by atomic mass is 16.6. The van der Waals surface area contributed by atoms with Crippen LogP contribution in [0.3, 0.4) is 0 Å². The molecule has 3 fully saturated rings. The number of azide groups is 1. The highest BCUT2D eigenvalue weighted by Gasteiger charge is 2.54. The molecule has 0 N–H and O–H groups in total. The minimum Gasteiger partial charge on any atom is -0.444 e. The summed E-state index contributed by atoms with van der Waals surface area (Å²) in [5.74, 6) is 0. The minimum atomic E-state index is -0.387. The standard InChI is InChI=1S/C21H29N5O2/c1-14-8-16(26-11-17(10-23-24-22)28-19(26)27)9-15(2)18(14)25-12-20(3)6-5-7-21(20,4)13-25/h8-9,17H,5-7,10-13H2,1-4H3/t17-,20?,21?/m0/s1. The van der Waals surface area contributed by atoms with Crippen LogP contribution in [0.15, 0.2) is 17.2 Å². The third-order valence-electron chi connectivity index (χ3n) is 7.32. The largest absolute Gasteiger partial charge is 0.444 e. The molecule has 1 aromatic carbocycles. The number of nitrogens with zero attached hydrogens (tertiary/aromatic N) is 5. The van der Waals surface area contributed by atoms with Gasteiger partial charge in [-0.05, 0) is 66.3 Å². The van der Waals surface area contributed by atoms with Crippen LogP contribution >= 0.6 is 0 Å². The molecule has 1 saturated carbocycles. The highest BCUT2D eigenvalue weighted by molar-refractivity contribution is 5.90. The van der Waals surface area contributed by atoms with Gasteiger partial charge in [-0.2, -0.15) is 0 Å². The molecule has 0 aromatic heterocycles. The zero-order chi connectivity index (χ0) is 20.1. The van der Waals surface area contributed by atoms with Gasteiger partial charge in [-0.3, -0.25) is 4.90 Å². The molecule has 1 amide bonds. The second-order valence-electron chi connectivity index (χ2n) is 9.29. The zero-order valence-electron chi connectivity index (χ0n) is 17.2. The van der Waals surface area contributed by atoms with Gasteiger partial charge in [0.15, 0.2) is 0 Å². The minimum absolute atomic E-state index is 0.166. The number of amides is 1. The van der Waals surface area contributed by atoms with Crippen molar-refractivity contribution in [2.45, 2.75) is 53.1 Å². The number of ether oxygens (including phenoxy) is 1. The van der Waals surface area contributed by atoms with Gasteiger partial charge in [0.05, 0.1) is 13.1 Å². The molecule has 3 aliphatic rings. The Hall–Kier alpha value is -2.40. The summed E-state index contributed by atoms with van der Waals surface area (Å²) in [5.41, 5.74) is 13.8. The lowest BCUT2D eigenvalue weighted by Crippen LogP contribution is -2.30. The summed E-state index contributed by atoms with van der Waals surface area (Å²) < 4.78 is 5.33. The molecule has 4 rings (SSSR count). The van der Waals surface area contributed by atoms with Crippen molar-refractivity contribution >= 4 is 17.5 Å². The summed E-state index contributed by atoms with van der Waals surface area (Å²) in [6, 6.07) is 4.16. The number of carbonyl (C=O) groups is 1. The molecule has 2 unspecified atom stereocenters. The van der Waals surface area contributed by atoms with Crippen LogP contribution in [0, 0.1) is 24.7 Å². The van der Waals surface area contributed by atoms with E-state index in [9.17, 15) is 4.79 Å². The lowest BCUT2D eigenvalue weighted by atomic mass is 9.71. The Balaban J connectivity index is 1.58. The van der Waals surface area contributed by atoms with Crippen molar-refractivity contribution in [3.05, 3.63) is 33.7 Å². The fourth-order valence-corrected chi connectivity index (χ4v) is 5.61. The third kappa shape index (κ3) is 2.89. The SMILES string of the molecule is Cc1cc(N2C[C@H](CN=[N+]=[N-])OC2=O)cc(C)c1N1CC2(C)CCCC2(C)C1. The number of hydrogen-bond acceptors (Lipinski definition) is 4. The van der Waals surface area contributed by atoms with E-state index in [0.717, 1.165) is 18.8 Å². The molecule has 150 valence electrons. The Morgan fingerprint density at radius 3 is 2.39 bits per heavy atom. The van der Waals surface area contributed by atoms with Crippen LogP contribution in [0.5, 0.6) is 0 Å². The van der Waals surface area contributed by atoms with E-state index in [1.54, 1.807) is 4.90 Å². The first-order valence-corrected chi connectivity index (χ1v) is 10.1. The van der Waals surface area contributed by atoms with Gasteiger partial charge in [-0.1, -0.05) is 25.4 Å². The van der Waals surface area contributed by atoms with Crippen molar-refractivity contribution in [3.63, 3.8) is 0 Å². The van der Waals surface area contributed by atoms with E-state index >= 15 is 0 Å². The van der Waals surface area contributed by atoms with Crippen LogP contribution < -0.4 is 9.80 Å². The predicted molar refractivity (Wildman–Crippen MR) is 110 cm³/mol. The first-order chi connectivity index (χ1) is 13.3. The summed E-state index contributed by atoms with van der Waals surface area (Å²) in [7, 11) is 0. The highest BCUT2D eigenvalue weighted by Crippen LogP contribution is 2.58. The Morgan fingerprint density at radius 2 is 1.82 bits per heavy atom. The summed E-state index contributed by atoms with van der Waals surface area (Å²) in [6.45, 7) is 11.9. The molecule has 2 aliphatic heterocycles.